The Bertz CT molecular complexity index is 2500. The lowest BCUT2D eigenvalue weighted by Crippen LogP contribution is -2.57. The first-order valence-corrected chi connectivity index (χ1v) is 21.5. The van der Waals surface area contributed by atoms with Crippen LogP contribution in [0.2, 0.25) is 5.02 Å². The van der Waals surface area contributed by atoms with Crippen molar-refractivity contribution in [1.82, 2.24) is 39.3 Å². The highest BCUT2D eigenvalue weighted by atomic mass is 35.5. The average Bonchev–Trinajstić information content (AvgIpc) is 3.98. The molecule has 2 aromatic carbocycles. The zero-order valence-corrected chi connectivity index (χ0v) is 35.4. The Morgan fingerprint density at radius 1 is 1.02 bits per heavy atom. The van der Waals surface area contributed by atoms with Crippen LogP contribution < -0.4 is 9.64 Å². The topological polar surface area (TPSA) is 116 Å². The number of halogens is 3. The third-order valence-electron chi connectivity index (χ3n) is 13.2. The molecule has 5 fully saturated rings. The zero-order valence-electron chi connectivity index (χ0n) is 34.7. The molecule has 0 aliphatic carbocycles. The first-order valence-electron chi connectivity index (χ1n) is 21.1. The Kier molecular flexibility index (Phi) is 9.29. The highest BCUT2D eigenvalue weighted by Gasteiger charge is 2.50. The molecule has 5 atom stereocenters. The van der Waals surface area contributed by atoms with E-state index in [1.54, 1.807) is 4.68 Å². The van der Waals surface area contributed by atoms with Gasteiger partial charge in [0.25, 0.3) is 0 Å². The summed E-state index contributed by atoms with van der Waals surface area (Å²) in [5.74, 6) is -0.0982. The number of rotatable bonds is 6. The molecule has 16 heteroatoms. The molecule has 0 radical (unpaired) electrons. The minimum atomic E-state index is -0.934. The molecule has 13 nitrogen and oxygen atoms in total. The normalized spacial score (nSPS) is 26.2. The fraction of sp³-hybridized carbons (Fsp3) is 0.605. The van der Waals surface area contributed by atoms with Crippen LogP contribution in [0.1, 0.15) is 89.6 Å². The second-order valence-electron chi connectivity index (χ2n) is 18.5. The van der Waals surface area contributed by atoms with Gasteiger partial charge in [-0.2, -0.15) is 20.2 Å². The Balaban J connectivity index is 1.16. The van der Waals surface area contributed by atoms with Gasteiger partial charge in [0, 0.05) is 62.2 Å². The SMILES string of the molecule is Cc1cc2c(c(C)nn2C2CCCCO2)c(-c2c(F)c3nc(OC[C@@]45CCCN4C[C@H](F)C5)nc(N4C[C@H]5CC[C@@H](C4)N5C(=O)OC(C)(C)C)c3c3cn(C)nc23)c1Cl. The van der Waals surface area contributed by atoms with Gasteiger partial charge in [-0.1, -0.05) is 11.6 Å². The molecule has 5 aliphatic rings. The second kappa shape index (κ2) is 14.1. The average molecular weight is 832 g/mol. The quantitative estimate of drug-likeness (QED) is 0.166. The van der Waals surface area contributed by atoms with E-state index in [0.717, 1.165) is 68.0 Å². The van der Waals surface area contributed by atoms with E-state index in [-0.39, 0.29) is 48.1 Å². The summed E-state index contributed by atoms with van der Waals surface area (Å²) in [6.45, 7) is 12.4. The van der Waals surface area contributed by atoms with Crippen molar-refractivity contribution >= 4 is 56.2 Å². The van der Waals surface area contributed by atoms with Crippen LogP contribution in [0.5, 0.6) is 6.01 Å². The van der Waals surface area contributed by atoms with Crippen molar-refractivity contribution in [2.45, 2.75) is 122 Å². The first kappa shape index (κ1) is 38.8. The Hall–Kier alpha value is -4.34. The minimum Gasteiger partial charge on any atom is -0.461 e. The van der Waals surface area contributed by atoms with E-state index in [2.05, 4.69) is 9.80 Å². The summed E-state index contributed by atoms with van der Waals surface area (Å²) in [5.41, 5.74) is 2.39. The van der Waals surface area contributed by atoms with E-state index >= 15 is 4.39 Å². The lowest BCUT2D eigenvalue weighted by Gasteiger charge is -2.42. The van der Waals surface area contributed by atoms with Crippen molar-refractivity contribution in [3.05, 3.63) is 34.4 Å². The maximum atomic E-state index is 18.2. The van der Waals surface area contributed by atoms with Crippen molar-refractivity contribution in [1.29, 1.82) is 0 Å². The van der Waals surface area contributed by atoms with Gasteiger partial charge in [0.1, 0.15) is 35.2 Å². The summed E-state index contributed by atoms with van der Waals surface area (Å²) in [5, 5.41) is 12.2. The number of anilines is 1. The van der Waals surface area contributed by atoms with E-state index in [0.29, 0.717) is 71.0 Å². The summed E-state index contributed by atoms with van der Waals surface area (Å²) in [7, 11) is 1.81. The molecule has 10 rings (SSSR count). The molecule has 0 spiro atoms. The van der Waals surface area contributed by atoms with Gasteiger partial charge in [-0.25, -0.2) is 18.3 Å². The van der Waals surface area contributed by atoms with Crippen molar-refractivity contribution < 1.29 is 27.8 Å². The highest BCUT2D eigenvalue weighted by molar-refractivity contribution is 6.37. The van der Waals surface area contributed by atoms with Crippen LogP contribution in [0.15, 0.2) is 12.3 Å². The van der Waals surface area contributed by atoms with Crippen LogP contribution in [0.3, 0.4) is 0 Å². The Morgan fingerprint density at radius 2 is 1.80 bits per heavy atom. The molecule has 59 heavy (non-hydrogen) atoms. The number of carbonyl (C=O) groups is 1. The number of hydrogen-bond donors (Lipinski definition) is 0. The minimum absolute atomic E-state index is 0.0185. The van der Waals surface area contributed by atoms with E-state index in [4.69, 9.17) is 46.0 Å². The number of nitrogens with zero attached hydrogens (tertiary/aromatic N) is 9. The largest absolute Gasteiger partial charge is 0.461 e. The number of carbonyl (C=O) groups excluding carboxylic acids is 1. The molecule has 0 saturated carbocycles. The second-order valence-corrected chi connectivity index (χ2v) is 18.9. The molecule has 0 N–H and O–H groups in total. The zero-order chi connectivity index (χ0) is 41.1. The third kappa shape index (κ3) is 6.39. The monoisotopic (exact) mass is 831 g/mol. The lowest BCUT2D eigenvalue weighted by molar-refractivity contribution is -0.0368. The van der Waals surface area contributed by atoms with Gasteiger partial charge < -0.3 is 19.1 Å². The summed E-state index contributed by atoms with van der Waals surface area (Å²) in [4.78, 5) is 29.6. The van der Waals surface area contributed by atoms with Crippen molar-refractivity contribution in [2.24, 2.45) is 7.05 Å². The maximum absolute atomic E-state index is 18.2. The number of aromatic nitrogens is 6. The highest BCUT2D eigenvalue weighted by Crippen LogP contribution is 2.48. The molecular formula is C43H52ClF2N9O4. The van der Waals surface area contributed by atoms with Crippen molar-refractivity contribution in [3.63, 3.8) is 0 Å². The molecule has 1 amide bonds. The van der Waals surface area contributed by atoms with E-state index in [9.17, 15) is 9.18 Å². The van der Waals surface area contributed by atoms with Gasteiger partial charge in [-0.15, -0.1) is 0 Å². The van der Waals surface area contributed by atoms with Crippen LogP contribution in [-0.4, -0.2) is 114 Å². The molecular weight excluding hydrogens is 780 g/mol. The molecule has 3 aromatic heterocycles. The van der Waals surface area contributed by atoms with Gasteiger partial charge in [0.15, 0.2) is 12.0 Å². The van der Waals surface area contributed by atoms with Gasteiger partial charge in [0.05, 0.1) is 44.8 Å². The third-order valence-corrected chi connectivity index (χ3v) is 13.7. The Labute approximate surface area is 346 Å². The van der Waals surface area contributed by atoms with Gasteiger partial charge in [0.2, 0.25) is 0 Å². The molecule has 5 aromatic rings. The first-order chi connectivity index (χ1) is 28.2. The van der Waals surface area contributed by atoms with Crippen LogP contribution in [0.4, 0.5) is 19.4 Å². The summed E-state index contributed by atoms with van der Waals surface area (Å²) in [6.07, 6.45) is 6.95. The van der Waals surface area contributed by atoms with E-state index < -0.39 is 23.1 Å². The fourth-order valence-electron chi connectivity index (χ4n) is 10.7. The van der Waals surface area contributed by atoms with E-state index in [1.165, 1.54) is 0 Å². The lowest BCUT2D eigenvalue weighted by atomic mass is 9.93. The molecule has 5 aliphatic heterocycles. The number of alkyl halides is 1. The van der Waals surface area contributed by atoms with Gasteiger partial charge in [-0.05, 0) is 97.7 Å². The number of fused-ring (bicyclic) bond motifs is 7. The van der Waals surface area contributed by atoms with Crippen LogP contribution in [-0.2, 0) is 16.5 Å². The molecule has 5 saturated heterocycles. The van der Waals surface area contributed by atoms with Crippen LogP contribution >= 0.6 is 11.6 Å². The molecule has 2 bridgehead atoms. The predicted molar refractivity (Wildman–Crippen MR) is 221 cm³/mol. The van der Waals surface area contributed by atoms with E-state index in [1.807, 2.05) is 63.5 Å². The maximum Gasteiger partial charge on any atom is 0.410 e. The molecule has 1 unspecified atom stereocenters. The summed E-state index contributed by atoms with van der Waals surface area (Å²) in [6, 6.07) is 1.75. The summed E-state index contributed by atoms with van der Waals surface area (Å²) >= 11 is 7.28. The molecule has 8 heterocycles. The van der Waals surface area contributed by atoms with Gasteiger partial charge >= 0.3 is 12.1 Å². The number of hydrogen-bond acceptors (Lipinski definition) is 10. The number of piperazine rings is 1. The fourth-order valence-corrected chi connectivity index (χ4v) is 11.0. The standard InChI is InChI=1S/C43H52ClF2N9O4/c1-23-16-29-31(24(2)49-55(29)30-10-7-8-15-57-30)33(35(23)44)34-36(46)38-32(28-21-51(6)50-37(28)34)39(48-40(47-38)58-22-43-13-9-14-53(43)18-25(45)17-43)52-19-26-11-12-27(20-52)54(26)41(56)59-42(3,4)5/h16,21,25-27,30H,7-15,17-20,22H2,1-6H3/t25-,26-,27+,30?,43+/m1/s1. The Morgan fingerprint density at radius 3 is 2.53 bits per heavy atom. The number of benzene rings is 2. The smallest absolute Gasteiger partial charge is 0.410 e. The van der Waals surface area contributed by atoms with Crippen molar-refractivity contribution in [2.75, 3.05) is 44.3 Å². The number of amides is 1. The molecule has 314 valence electrons. The number of ether oxygens (including phenoxy) is 3. The number of aryl methyl sites for hydroxylation is 3. The predicted octanol–water partition coefficient (Wildman–Crippen LogP) is 8.18. The van der Waals surface area contributed by atoms with Crippen LogP contribution in [0, 0.1) is 19.7 Å². The van der Waals surface area contributed by atoms with Crippen molar-refractivity contribution in [3.8, 4) is 17.1 Å². The van der Waals surface area contributed by atoms with Crippen LogP contribution in [0.25, 0.3) is 43.8 Å². The van der Waals surface area contributed by atoms with Gasteiger partial charge in [-0.3, -0.25) is 14.5 Å². The summed E-state index contributed by atoms with van der Waals surface area (Å²) < 4.78 is 55.2.